The summed E-state index contributed by atoms with van der Waals surface area (Å²) in [4.78, 5) is 14.1. The topological polar surface area (TPSA) is 87.2 Å². The number of piperidine rings is 1. The summed E-state index contributed by atoms with van der Waals surface area (Å²) in [6, 6.07) is 4.16. The van der Waals surface area contributed by atoms with Crippen LogP contribution in [0.2, 0.25) is 13.7 Å². The van der Waals surface area contributed by atoms with Crippen LogP contribution in [0.4, 0.5) is 13.2 Å². The highest BCUT2D eigenvalue weighted by atomic mass is 35.5. The Labute approximate surface area is 237 Å². The molecule has 1 N–H and O–H groups in total. The van der Waals surface area contributed by atoms with Crippen LogP contribution in [0, 0.1) is 0 Å². The number of hydrogen-bond acceptors (Lipinski definition) is 6. The summed E-state index contributed by atoms with van der Waals surface area (Å²) in [5.74, 6) is -0.362. The second-order valence-electron chi connectivity index (χ2n) is 9.22. The molecule has 0 radical (unpaired) electrons. The van der Waals surface area contributed by atoms with Crippen LogP contribution in [0.1, 0.15) is 36.8 Å². The van der Waals surface area contributed by atoms with Crippen molar-refractivity contribution in [3.05, 3.63) is 49.1 Å². The largest absolute Gasteiger partial charge is 0.417 e. The Morgan fingerprint density at radius 1 is 1.16 bits per heavy atom. The van der Waals surface area contributed by atoms with Gasteiger partial charge in [-0.2, -0.15) is 17.5 Å². The number of sulfonamides is 1. The molecule has 0 bridgehead atoms. The molecule has 0 spiro atoms. The van der Waals surface area contributed by atoms with Gasteiger partial charge in [0, 0.05) is 25.7 Å². The smallest absolute Gasteiger partial charge is 0.385 e. The van der Waals surface area contributed by atoms with Crippen LogP contribution in [-0.4, -0.2) is 67.5 Å². The fourth-order valence-electron chi connectivity index (χ4n) is 4.74. The monoisotopic (exact) mass is 634 g/mol. The first kappa shape index (κ1) is 29.9. The molecule has 1 aromatic heterocycles. The molecule has 2 saturated heterocycles. The van der Waals surface area contributed by atoms with Gasteiger partial charge in [-0.1, -0.05) is 40.9 Å². The molecule has 0 aliphatic carbocycles. The second-order valence-corrected chi connectivity index (χ2v) is 13.8. The number of nitrogens with zero attached hydrogens (tertiary/aromatic N) is 2. The quantitative estimate of drug-likeness (QED) is 0.440. The molecule has 2 fully saturated rings. The zero-order valence-electron chi connectivity index (χ0n) is 19.8. The molecule has 3 heterocycles. The number of alkyl halides is 3. The maximum absolute atomic E-state index is 13.2. The number of aliphatic hydroxyl groups is 1. The number of hydrogen-bond donors (Lipinski definition) is 1. The molecule has 2 aliphatic rings. The fourth-order valence-corrected chi connectivity index (χ4v) is 8.76. The van der Waals surface area contributed by atoms with Crippen molar-refractivity contribution < 1.29 is 36.2 Å². The first-order valence-corrected chi connectivity index (χ1v) is 15.0. The number of ether oxygens (including phenoxy) is 1. The molecule has 1 atom stereocenters. The summed E-state index contributed by atoms with van der Waals surface area (Å²) in [5.41, 5.74) is -2.47. The summed E-state index contributed by atoms with van der Waals surface area (Å²) < 4.78 is 73.0. The molecular formula is C23H24Cl3F3N2O5S2. The van der Waals surface area contributed by atoms with Crippen LogP contribution in [0.25, 0.3) is 0 Å². The zero-order valence-corrected chi connectivity index (χ0v) is 23.7. The van der Waals surface area contributed by atoms with Crippen molar-refractivity contribution in [1.29, 1.82) is 0 Å². The summed E-state index contributed by atoms with van der Waals surface area (Å²) in [6.45, 7) is 0.226. The standard InChI is InChI=1S/C23H24Cl3F3N2O5S2/c24-17-4-3-14(10-16(17)23(27,28)29)22(33)5-8-30(9-6-22)20(32)13-36-12-15-2-1-7-31(15)38(34,35)18-11-19(25)37-21(18)26/h3-4,10-11,15,33H,1-2,5-9,12-13H2. The van der Waals surface area contributed by atoms with Gasteiger partial charge in [-0.3, -0.25) is 4.79 Å². The molecule has 2 aliphatic heterocycles. The average Bonchev–Trinajstić information content (AvgIpc) is 3.45. The van der Waals surface area contributed by atoms with Crippen molar-refractivity contribution in [3.63, 3.8) is 0 Å². The minimum absolute atomic E-state index is 0.00320. The Morgan fingerprint density at radius 2 is 1.84 bits per heavy atom. The number of benzene rings is 1. The lowest BCUT2D eigenvalue weighted by atomic mass is 9.83. The molecule has 7 nitrogen and oxygen atoms in total. The van der Waals surface area contributed by atoms with E-state index in [4.69, 9.17) is 39.5 Å². The molecule has 38 heavy (non-hydrogen) atoms. The van der Waals surface area contributed by atoms with Gasteiger partial charge in [0.15, 0.2) is 0 Å². The molecule has 4 rings (SSSR count). The van der Waals surface area contributed by atoms with E-state index in [1.165, 1.54) is 21.3 Å². The van der Waals surface area contributed by atoms with Gasteiger partial charge in [-0.25, -0.2) is 8.42 Å². The summed E-state index contributed by atoms with van der Waals surface area (Å²) >= 11 is 18.6. The van der Waals surface area contributed by atoms with Gasteiger partial charge in [0.2, 0.25) is 15.9 Å². The third-order valence-electron chi connectivity index (χ3n) is 6.82. The van der Waals surface area contributed by atoms with Gasteiger partial charge in [0.25, 0.3) is 0 Å². The Bertz CT molecular complexity index is 1300. The average molecular weight is 636 g/mol. The van der Waals surface area contributed by atoms with Crippen LogP contribution in [-0.2, 0) is 31.3 Å². The molecule has 15 heteroatoms. The van der Waals surface area contributed by atoms with Gasteiger partial charge >= 0.3 is 6.18 Å². The molecule has 1 amide bonds. The van der Waals surface area contributed by atoms with Crippen molar-refractivity contribution >= 4 is 62.1 Å². The maximum Gasteiger partial charge on any atom is 0.417 e. The highest BCUT2D eigenvalue weighted by Crippen LogP contribution is 2.40. The fraction of sp³-hybridized carbons (Fsp3) is 0.522. The predicted octanol–water partition coefficient (Wildman–Crippen LogP) is 5.41. The van der Waals surface area contributed by atoms with E-state index in [-0.39, 0.29) is 64.2 Å². The Kier molecular flexibility index (Phi) is 8.96. The predicted molar refractivity (Wildman–Crippen MR) is 138 cm³/mol. The SMILES string of the molecule is O=C(COCC1CCCN1S(=O)(=O)c1cc(Cl)sc1Cl)N1CCC(O)(c2ccc(Cl)c(C(F)(F)F)c2)CC1. The number of carbonyl (C=O) groups is 1. The van der Waals surface area contributed by atoms with Crippen LogP contribution in [0.15, 0.2) is 29.2 Å². The van der Waals surface area contributed by atoms with Gasteiger partial charge in [-0.05, 0) is 49.4 Å². The minimum Gasteiger partial charge on any atom is -0.385 e. The van der Waals surface area contributed by atoms with Crippen LogP contribution in [0.3, 0.4) is 0 Å². The van der Waals surface area contributed by atoms with Gasteiger partial charge in [0.1, 0.15) is 15.8 Å². The van der Waals surface area contributed by atoms with E-state index in [0.717, 1.165) is 23.5 Å². The Hall–Kier alpha value is -1.12. The lowest BCUT2D eigenvalue weighted by Gasteiger charge is -2.38. The van der Waals surface area contributed by atoms with E-state index >= 15 is 0 Å². The zero-order chi connectivity index (χ0) is 27.9. The molecule has 2 aromatic rings. The van der Waals surface area contributed by atoms with E-state index in [0.29, 0.717) is 19.4 Å². The number of carbonyl (C=O) groups excluding carboxylic acids is 1. The van der Waals surface area contributed by atoms with Crippen molar-refractivity contribution in [1.82, 2.24) is 9.21 Å². The first-order valence-electron chi connectivity index (χ1n) is 11.6. The third-order valence-corrected chi connectivity index (χ3v) is 10.9. The molecule has 210 valence electrons. The van der Waals surface area contributed by atoms with Crippen molar-refractivity contribution in [2.45, 2.75) is 48.4 Å². The van der Waals surface area contributed by atoms with E-state index in [1.54, 1.807) is 0 Å². The highest BCUT2D eigenvalue weighted by Gasteiger charge is 2.40. The third kappa shape index (κ3) is 6.27. The summed E-state index contributed by atoms with van der Waals surface area (Å²) in [7, 11) is -3.88. The van der Waals surface area contributed by atoms with Crippen molar-refractivity contribution in [2.24, 2.45) is 0 Å². The van der Waals surface area contributed by atoms with E-state index in [1.807, 2.05) is 0 Å². The van der Waals surface area contributed by atoms with Crippen molar-refractivity contribution in [3.8, 4) is 0 Å². The van der Waals surface area contributed by atoms with E-state index in [2.05, 4.69) is 0 Å². The lowest BCUT2D eigenvalue weighted by molar-refractivity contribution is -0.141. The molecule has 0 saturated carbocycles. The van der Waals surface area contributed by atoms with Gasteiger partial charge in [-0.15, -0.1) is 11.3 Å². The normalized spacial score (nSPS) is 20.7. The van der Waals surface area contributed by atoms with Crippen LogP contribution >= 0.6 is 46.1 Å². The minimum atomic E-state index is -4.66. The Balaban J connectivity index is 1.31. The summed E-state index contributed by atoms with van der Waals surface area (Å²) in [6.07, 6.45) is -3.40. The van der Waals surface area contributed by atoms with Crippen molar-refractivity contribution in [2.75, 3.05) is 32.8 Å². The number of halogens is 6. The number of likely N-dealkylation sites (tertiary alicyclic amines) is 1. The number of amides is 1. The van der Waals surface area contributed by atoms with E-state index in [9.17, 15) is 31.5 Å². The highest BCUT2D eigenvalue weighted by molar-refractivity contribution is 7.89. The first-order chi connectivity index (χ1) is 17.7. The number of rotatable bonds is 7. The van der Waals surface area contributed by atoms with Crippen LogP contribution in [0.5, 0.6) is 0 Å². The number of thiophene rings is 1. The van der Waals surface area contributed by atoms with E-state index < -0.39 is 38.4 Å². The second kappa shape index (κ2) is 11.4. The molecular weight excluding hydrogens is 612 g/mol. The lowest BCUT2D eigenvalue weighted by Crippen LogP contribution is -2.46. The summed E-state index contributed by atoms with van der Waals surface area (Å²) in [5, 5.41) is 10.6. The molecule has 1 unspecified atom stereocenters. The maximum atomic E-state index is 13.2. The van der Waals surface area contributed by atoms with Gasteiger partial charge < -0.3 is 14.7 Å². The van der Waals surface area contributed by atoms with Crippen LogP contribution < -0.4 is 0 Å². The molecule has 1 aromatic carbocycles. The van der Waals surface area contributed by atoms with Gasteiger partial charge in [0.05, 0.1) is 27.1 Å². The Morgan fingerprint density at radius 3 is 2.45 bits per heavy atom.